The van der Waals surface area contributed by atoms with E-state index in [1.165, 1.54) is 0 Å². The Morgan fingerprint density at radius 1 is 0.600 bits per heavy atom. The zero-order valence-corrected chi connectivity index (χ0v) is 19.4. The van der Waals surface area contributed by atoms with Gasteiger partial charge in [0.25, 0.3) is 0 Å². The molecule has 14 heteroatoms. The number of nitrogens with two attached hydrogens (primary N) is 2. The maximum atomic E-state index is 11.4. The highest BCUT2D eigenvalue weighted by Gasteiger charge is 2.09. The van der Waals surface area contributed by atoms with Crippen LogP contribution < -0.4 is 20.9 Å². The van der Waals surface area contributed by atoms with Gasteiger partial charge in [0.05, 0.1) is 25.7 Å². The monoisotopic (exact) mass is 564 g/mol. The number of carboxylic acids is 2. The molecule has 0 aromatic heterocycles. The zero-order chi connectivity index (χ0) is 27.2. The number of hydrogen-bond donors (Lipinski definition) is 4. The third-order valence-corrected chi connectivity index (χ3v) is 4.33. The maximum absolute atomic E-state index is 11.4. The first-order chi connectivity index (χ1) is 17.6. The lowest BCUT2D eigenvalue weighted by atomic mass is 10.2. The van der Waals surface area contributed by atoms with E-state index in [0.717, 1.165) is 0 Å². The normalized spacial score (nSPS) is 10.5. The van der Waals surface area contributed by atoms with Crippen molar-refractivity contribution in [3.8, 4) is 11.5 Å². The molecular formula is C26H36N4O10. The molecule has 0 atom stereocenters. The average molecular weight is 565 g/mol. The van der Waals surface area contributed by atoms with Crippen LogP contribution in [0, 0.1) is 0 Å². The molecule has 2 rings (SSSR count). The molecule has 0 fully saturated rings. The Morgan fingerprint density at radius 3 is 1.23 bits per heavy atom. The van der Waals surface area contributed by atoms with Crippen molar-refractivity contribution in [1.29, 1.82) is 0 Å². The molecule has 0 saturated heterocycles. The Bertz CT molecular complexity index is 1070. The van der Waals surface area contributed by atoms with E-state index in [9.17, 15) is 19.2 Å². The molecule has 2 aromatic carbocycles. The van der Waals surface area contributed by atoms with Crippen molar-refractivity contribution in [2.45, 2.75) is 48.0 Å². The first kappa shape index (κ1) is 37.0. The second kappa shape index (κ2) is 19.0. The Balaban J connectivity index is 0. The van der Waals surface area contributed by atoms with Crippen LogP contribution in [0.25, 0.3) is 0 Å². The molecule has 0 bridgehead atoms. The molecule has 6 N–H and O–H groups in total. The van der Waals surface area contributed by atoms with Crippen molar-refractivity contribution in [2.75, 3.05) is 6.79 Å². The van der Waals surface area contributed by atoms with Crippen molar-refractivity contribution in [3.05, 3.63) is 59.7 Å². The van der Waals surface area contributed by atoms with Gasteiger partial charge in [-0.25, -0.2) is 9.59 Å². The molecule has 40 heavy (non-hydrogen) atoms. The predicted molar refractivity (Wildman–Crippen MR) is 147 cm³/mol. The van der Waals surface area contributed by atoms with E-state index < -0.39 is 23.9 Å². The lowest BCUT2D eigenvalue weighted by Crippen LogP contribution is -2.16. The predicted octanol–water partition coefficient (Wildman–Crippen LogP) is 3.07. The molecular weight excluding hydrogens is 528 g/mol. The molecule has 0 spiro atoms. The molecule has 0 unspecified atom stereocenters. The van der Waals surface area contributed by atoms with Gasteiger partial charge in [-0.3, -0.25) is 9.59 Å². The van der Waals surface area contributed by atoms with Crippen molar-refractivity contribution in [1.82, 2.24) is 0 Å². The lowest BCUT2D eigenvalue weighted by molar-refractivity contribution is -0.147. The SMILES string of the molecule is C.C.C.N/C(=N\OC(=O)CCC(=O)O)c1ccc(OCOc2ccc(/C(N)=N/OC(=O)CCC(=O)O)cc2)cc1. The van der Waals surface area contributed by atoms with E-state index >= 15 is 0 Å². The number of nitrogens with zero attached hydrogens (tertiary/aromatic N) is 2. The van der Waals surface area contributed by atoms with Gasteiger partial charge >= 0.3 is 23.9 Å². The molecule has 0 heterocycles. The summed E-state index contributed by atoms with van der Waals surface area (Å²) < 4.78 is 11.0. The topological polar surface area (TPSA) is 222 Å². The van der Waals surface area contributed by atoms with E-state index in [1.54, 1.807) is 48.5 Å². The first-order valence-corrected chi connectivity index (χ1v) is 10.6. The summed E-state index contributed by atoms with van der Waals surface area (Å²) in [5.41, 5.74) is 12.4. The highest BCUT2D eigenvalue weighted by Crippen LogP contribution is 2.15. The number of ether oxygens (including phenoxy) is 2. The van der Waals surface area contributed by atoms with Gasteiger partial charge in [0.2, 0.25) is 6.79 Å². The van der Waals surface area contributed by atoms with Crippen molar-refractivity contribution < 1.29 is 48.5 Å². The largest absolute Gasteiger partial charge is 0.481 e. The molecule has 0 aliphatic heterocycles. The fourth-order valence-corrected chi connectivity index (χ4v) is 2.42. The standard InChI is InChI=1S/C23H24N4O10.3CH4/c24-22(26-36-20(32)11-9-18(28)29)14-1-5-16(6-2-14)34-13-35-17-7-3-15(4-8-17)23(25)27-37-21(33)12-10-19(30)31;;;/h1-8H,9-13H2,(H2,24,26)(H2,25,27)(H,28,29)(H,30,31);3*1H4. The minimum atomic E-state index is -1.13. The van der Waals surface area contributed by atoms with Crippen LogP contribution in [0.2, 0.25) is 0 Å². The van der Waals surface area contributed by atoms with Crippen LogP contribution in [0.5, 0.6) is 11.5 Å². The highest BCUT2D eigenvalue weighted by molar-refractivity contribution is 5.98. The van der Waals surface area contributed by atoms with Crippen molar-refractivity contribution >= 4 is 35.5 Å². The number of aliphatic carboxylic acids is 2. The molecule has 14 nitrogen and oxygen atoms in total. The third-order valence-electron chi connectivity index (χ3n) is 4.33. The minimum Gasteiger partial charge on any atom is -0.481 e. The van der Waals surface area contributed by atoms with Crippen molar-refractivity contribution in [3.63, 3.8) is 0 Å². The number of rotatable bonds is 14. The summed E-state index contributed by atoms with van der Waals surface area (Å²) in [5.74, 6) is -3.15. The van der Waals surface area contributed by atoms with Gasteiger partial charge in [-0.2, -0.15) is 0 Å². The molecule has 0 radical (unpaired) electrons. The Hall–Kier alpha value is -5.14. The van der Waals surface area contributed by atoms with Crippen LogP contribution in [-0.4, -0.2) is 52.6 Å². The van der Waals surface area contributed by atoms with Crippen LogP contribution in [0.15, 0.2) is 58.8 Å². The summed E-state index contributed by atoms with van der Waals surface area (Å²) in [6.07, 6.45) is -1.39. The minimum absolute atomic E-state index is 0. The van der Waals surface area contributed by atoms with Gasteiger partial charge in [-0.1, -0.05) is 32.6 Å². The smallest absolute Gasteiger partial charge is 0.335 e. The molecule has 2 aromatic rings. The van der Waals surface area contributed by atoms with Crippen LogP contribution >= 0.6 is 0 Å². The van der Waals surface area contributed by atoms with Gasteiger partial charge in [-0.15, -0.1) is 0 Å². The van der Waals surface area contributed by atoms with E-state index in [1.807, 2.05) is 0 Å². The molecule has 0 aliphatic carbocycles. The second-order valence-electron chi connectivity index (χ2n) is 7.12. The van der Waals surface area contributed by atoms with E-state index in [0.29, 0.717) is 22.6 Å². The number of carbonyl (C=O) groups excluding carboxylic acids is 2. The van der Waals surface area contributed by atoms with Crippen molar-refractivity contribution in [2.24, 2.45) is 21.8 Å². The fraction of sp³-hybridized carbons (Fsp3) is 0.308. The van der Waals surface area contributed by atoms with Crippen LogP contribution in [0.1, 0.15) is 59.1 Å². The number of carboxylic acid groups (broad SMARTS) is 2. The summed E-state index contributed by atoms with van der Waals surface area (Å²) in [6.45, 7) is -0.131. The average Bonchev–Trinajstić information content (AvgIpc) is 2.88. The molecule has 0 amide bonds. The van der Waals surface area contributed by atoms with Gasteiger partial charge in [-0.05, 0) is 48.5 Å². The van der Waals surface area contributed by atoms with E-state index in [-0.39, 0.29) is 66.4 Å². The Kier molecular flexibility index (Phi) is 17.6. The Morgan fingerprint density at radius 2 is 0.925 bits per heavy atom. The number of hydrogen-bond acceptors (Lipinski definition) is 10. The van der Waals surface area contributed by atoms with E-state index in [2.05, 4.69) is 20.0 Å². The first-order valence-electron chi connectivity index (χ1n) is 10.6. The summed E-state index contributed by atoms with van der Waals surface area (Å²) in [4.78, 5) is 52.8. The van der Waals surface area contributed by atoms with Crippen LogP contribution in [-0.2, 0) is 28.9 Å². The molecule has 0 aliphatic rings. The van der Waals surface area contributed by atoms with E-state index in [4.69, 9.17) is 31.2 Å². The van der Waals surface area contributed by atoms with Crippen LogP contribution in [0.4, 0.5) is 0 Å². The van der Waals surface area contributed by atoms with Gasteiger partial charge in [0, 0.05) is 11.1 Å². The van der Waals surface area contributed by atoms with Gasteiger partial charge in [0.1, 0.15) is 11.5 Å². The number of amidine groups is 2. The number of benzene rings is 2. The summed E-state index contributed by atoms with van der Waals surface area (Å²) >= 11 is 0. The zero-order valence-electron chi connectivity index (χ0n) is 19.4. The summed E-state index contributed by atoms with van der Waals surface area (Å²) in [5, 5.41) is 24.0. The van der Waals surface area contributed by atoms with Crippen LogP contribution in [0.3, 0.4) is 0 Å². The quantitative estimate of drug-likeness (QED) is 0.0854. The number of carbonyl (C=O) groups is 4. The second-order valence-corrected chi connectivity index (χ2v) is 7.12. The lowest BCUT2D eigenvalue weighted by Gasteiger charge is -2.09. The maximum Gasteiger partial charge on any atom is 0.335 e. The molecule has 0 saturated carbocycles. The third kappa shape index (κ3) is 14.0. The Labute approximate surface area is 232 Å². The van der Waals surface area contributed by atoms with Gasteiger partial charge in [0.15, 0.2) is 11.7 Å². The summed E-state index contributed by atoms with van der Waals surface area (Å²) in [7, 11) is 0. The number of oxime groups is 2. The summed E-state index contributed by atoms with van der Waals surface area (Å²) in [6, 6.07) is 12.7. The highest BCUT2D eigenvalue weighted by atomic mass is 16.7. The van der Waals surface area contributed by atoms with Gasteiger partial charge < -0.3 is 40.8 Å². The molecule has 220 valence electrons. The fourth-order valence-electron chi connectivity index (χ4n) is 2.42.